The third-order valence-corrected chi connectivity index (χ3v) is 4.30. The predicted molar refractivity (Wildman–Crippen MR) is 79.1 cm³/mol. The Morgan fingerprint density at radius 1 is 1.20 bits per heavy atom. The zero-order valence-corrected chi connectivity index (χ0v) is 12.1. The van der Waals surface area contributed by atoms with Gasteiger partial charge < -0.3 is 15.5 Å². The molecule has 1 fully saturated rings. The Hall–Kier alpha value is -1.55. The van der Waals surface area contributed by atoms with Gasteiger partial charge in [0.15, 0.2) is 0 Å². The minimum atomic E-state index is -0.954. The van der Waals surface area contributed by atoms with Gasteiger partial charge in [-0.2, -0.15) is 0 Å². The van der Waals surface area contributed by atoms with Gasteiger partial charge in [0, 0.05) is 12.2 Å². The van der Waals surface area contributed by atoms with E-state index in [2.05, 4.69) is 19.2 Å². The molecule has 0 atom stereocenters. The van der Waals surface area contributed by atoms with Gasteiger partial charge in [-0.25, -0.2) is 4.79 Å². The predicted octanol–water partition coefficient (Wildman–Crippen LogP) is 3.13. The highest BCUT2D eigenvalue weighted by Gasteiger charge is 2.36. The van der Waals surface area contributed by atoms with Crippen molar-refractivity contribution in [2.24, 2.45) is 5.41 Å². The Kier molecular flexibility index (Phi) is 4.04. The minimum Gasteiger partial charge on any atom is -0.478 e. The fourth-order valence-electron chi connectivity index (χ4n) is 2.65. The number of hydrogen-bond donors (Lipinski definition) is 3. The maximum Gasteiger partial charge on any atom is 0.337 e. The highest BCUT2D eigenvalue weighted by molar-refractivity contribution is 5.94. The van der Waals surface area contributed by atoms with Crippen molar-refractivity contribution >= 4 is 11.7 Å². The number of carboxylic acid groups (broad SMARTS) is 1. The zero-order chi connectivity index (χ0) is 14.8. The second-order valence-electron chi connectivity index (χ2n) is 6.59. The molecule has 1 aliphatic rings. The molecular weight excluding hydrogens is 254 g/mol. The van der Waals surface area contributed by atoms with E-state index in [-0.39, 0.29) is 5.56 Å². The lowest BCUT2D eigenvalue weighted by molar-refractivity contribution is -0.0145. The summed E-state index contributed by atoms with van der Waals surface area (Å²) < 4.78 is 0. The highest BCUT2D eigenvalue weighted by atomic mass is 16.4. The summed E-state index contributed by atoms with van der Waals surface area (Å²) in [6.07, 6.45) is 3.49. The van der Waals surface area contributed by atoms with E-state index >= 15 is 0 Å². The largest absolute Gasteiger partial charge is 0.478 e. The molecule has 0 aromatic heterocycles. The molecule has 1 saturated carbocycles. The molecule has 2 rings (SSSR count). The summed E-state index contributed by atoms with van der Waals surface area (Å²) in [6, 6.07) is 6.80. The molecule has 0 amide bonds. The molecular formula is C16H23NO3. The number of nitrogens with one attached hydrogen (secondary N) is 1. The molecule has 0 spiro atoms. The average Bonchev–Trinajstić information content (AvgIpc) is 2.41. The molecule has 1 aromatic rings. The molecule has 4 nitrogen and oxygen atoms in total. The van der Waals surface area contributed by atoms with Gasteiger partial charge >= 0.3 is 5.97 Å². The van der Waals surface area contributed by atoms with Crippen molar-refractivity contribution in [2.75, 3.05) is 11.9 Å². The fourth-order valence-corrected chi connectivity index (χ4v) is 2.65. The van der Waals surface area contributed by atoms with Crippen LogP contribution < -0.4 is 5.32 Å². The number of aliphatic hydroxyl groups is 1. The van der Waals surface area contributed by atoms with Crippen molar-refractivity contribution in [1.82, 2.24) is 0 Å². The molecule has 3 N–H and O–H groups in total. The van der Waals surface area contributed by atoms with Crippen LogP contribution in [0.2, 0.25) is 0 Å². The van der Waals surface area contributed by atoms with Crippen molar-refractivity contribution < 1.29 is 15.0 Å². The Bertz CT molecular complexity index is 486. The van der Waals surface area contributed by atoms with Gasteiger partial charge in [0.1, 0.15) is 0 Å². The maximum atomic E-state index is 11.1. The highest BCUT2D eigenvalue weighted by Crippen LogP contribution is 2.40. The van der Waals surface area contributed by atoms with Crippen LogP contribution in [0, 0.1) is 5.41 Å². The van der Waals surface area contributed by atoms with Gasteiger partial charge in [-0.3, -0.25) is 0 Å². The van der Waals surface area contributed by atoms with Crippen LogP contribution in [-0.4, -0.2) is 28.3 Å². The average molecular weight is 277 g/mol. The van der Waals surface area contributed by atoms with E-state index in [9.17, 15) is 9.90 Å². The summed E-state index contributed by atoms with van der Waals surface area (Å²) in [6.45, 7) is 4.84. The second kappa shape index (κ2) is 5.44. The van der Waals surface area contributed by atoms with Crippen molar-refractivity contribution in [3.63, 3.8) is 0 Å². The van der Waals surface area contributed by atoms with Gasteiger partial charge in [0.25, 0.3) is 0 Å². The lowest BCUT2D eigenvalue weighted by Gasteiger charge is -2.40. The molecule has 1 aromatic carbocycles. The summed E-state index contributed by atoms with van der Waals surface area (Å²) in [5.41, 5.74) is 0.372. The summed E-state index contributed by atoms with van der Waals surface area (Å²) >= 11 is 0. The molecule has 1 aliphatic carbocycles. The van der Waals surface area contributed by atoms with Gasteiger partial charge in [0.05, 0.1) is 11.2 Å². The number of anilines is 1. The number of rotatable bonds is 4. The smallest absolute Gasteiger partial charge is 0.337 e. The zero-order valence-electron chi connectivity index (χ0n) is 12.1. The number of hydrogen-bond acceptors (Lipinski definition) is 3. The topological polar surface area (TPSA) is 69.6 Å². The van der Waals surface area contributed by atoms with Crippen LogP contribution in [0.15, 0.2) is 24.3 Å². The van der Waals surface area contributed by atoms with Crippen LogP contribution in [0.4, 0.5) is 5.69 Å². The number of benzene rings is 1. The van der Waals surface area contributed by atoms with Gasteiger partial charge in [-0.05, 0) is 43.2 Å². The molecule has 0 bridgehead atoms. The number of carboxylic acids is 1. The standard InChI is InChI=1S/C16H23NO3/c1-15(2)7-9-16(20,10-8-15)11-17-13-6-4-3-5-12(13)14(18)19/h3-6,17,20H,7-11H2,1-2H3,(H,18,19). The van der Waals surface area contributed by atoms with E-state index in [1.54, 1.807) is 24.3 Å². The number of carbonyl (C=O) groups is 1. The first kappa shape index (κ1) is 14.9. The lowest BCUT2D eigenvalue weighted by Crippen LogP contribution is -2.42. The lowest BCUT2D eigenvalue weighted by atomic mass is 9.71. The first-order valence-electron chi connectivity index (χ1n) is 7.10. The Balaban J connectivity index is 2.01. The first-order valence-corrected chi connectivity index (χ1v) is 7.10. The van der Waals surface area contributed by atoms with E-state index in [0.29, 0.717) is 17.6 Å². The number of para-hydroxylation sites is 1. The van der Waals surface area contributed by atoms with Crippen LogP contribution in [-0.2, 0) is 0 Å². The van der Waals surface area contributed by atoms with Gasteiger partial charge in [-0.15, -0.1) is 0 Å². The van der Waals surface area contributed by atoms with E-state index in [0.717, 1.165) is 25.7 Å². The van der Waals surface area contributed by atoms with E-state index in [1.165, 1.54) is 0 Å². The summed E-state index contributed by atoms with van der Waals surface area (Å²) in [7, 11) is 0. The summed E-state index contributed by atoms with van der Waals surface area (Å²) in [5.74, 6) is -0.954. The monoisotopic (exact) mass is 277 g/mol. The molecule has 20 heavy (non-hydrogen) atoms. The third-order valence-electron chi connectivity index (χ3n) is 4.30. The second-order valence-corrected chi connectivity index (χ2v) is 6.59. The quantitative estimate of drug-likeness (QED) is 0.791. The van der Waals surface area contributed by atoms with Crippen LogP contribution in [0.1, 0.15) is 49.9 Å². The SMILES string of the molecule is CC1(C)CCC(O)(CNc2ccccc2C(=O)O)CC1. The van der Waals surface area contributed by atoms with Gasteiger partial charge in [-0.1, -0.05) is 26.0 Å². The molecule has 0 unspecified atom stereocenters. The summed E-state index contributed by atoms with van der Waals surface area (Å²) in [4.78, 5) is 11.1. The molecule has 0 aliphatic heterocycles. The molecule has 110 valence electrons. The van der Waals surface area contributed by atoms with Crippen LogP contribution >= 0.6 is 0 Å². The molecule has 4 heteroatoms. The van der Waals surface area contributed by atoms with Crippen LogP contribution in [0.3, 0.4) is 0 Å². The Morgan fingerprint density at radius 2 is 1.80 bits per heavy atom. The summed E-state index contributed by atoms with van der Waals surface area (Å²) in [5, 5.41) is 22.8. The minimum absolute atomic E-state index is 0.243. The van der Waals surface area contributed by atoms with E-state index in [1.807, 2.05) is 0 Å². The number of aromatic carboxylic acids is 1. The van der Waals surface area contributed by atoms with Gasteiger partial charge in [0.2, 0.25) is 0 Å². The van der Waals surface area contributed by atoms with E-state index < -0.39 is 11.6 Å². The van der Waals surface area contributed by atoms with Crippen LogP contribution in [0.5, 0.6) is 0 Å². The fraction of sp³-hybridized carbons (Fsp3) is 0.562. The third kappa shape index (κ3) is 3.51. The van der Waals surface area contributed by atoms with E-state index in [4.69, 9.17) is 5.11 Å². The van der Waals surface area contributed by atoms with Crippen molar-refractivity contribution in [2.45, 2.75) is 45.1 Å². The first-order chi connectivity index (χ1) is 9.31. The molecule has 0 heterocycles. The van der Waals surface area contributed by atoms with Crippen LogP contribution in [0.25, 0.3) is 0 Å². The maximum absolute atomic E-state index is 11.1. The Morgan fingerprint density at radius 3 is 2.40 bits per heavy atom. The molecule has 0 radical (unpaired) electrons. The Labute approximate surface area is 119 Å². The molecule has 0 saturated heterocycles. The van der Waals surface area contributed by atoms with Crippen molar-refractivity contribution in [3.05, 3.63) is 29.8 Å². The normalized spacial score (nSPS) is 20.4. The van der Waals surface area contributed by atoms with Crippen molar-refractivity contribution in [1.29, 1.82) is 0 Å². The van der Waals surface area contributed by atoms with Crippen molar-refractivity contribution in [3.8, 4) is 0 Å².